The Bertz CT molecular complexity index is 1460. The summed E-state index contributed by atoms with van der Waals surface area (Å²) in [6.45, 7) is 10.0. The molecule has 4 amide bonds. The molecule has 0 bridgehead atoms. The minimum Gasteiger partial charge on any atom is -0.345 e. The van der Waals surface area contributed by atoms with Crippen LogP contribution in [0.4, 0.5) is 23.1 Å². The van der Waals surface area contributed by atoms with Crippen LogP contribution in [0.3, 0.4) is 0 Å². The number of hydrogen-bond acceptors (Lipinski definition) is 10. The average molecular weight is 667 g/mol. The van der Waals surface area contributed by atoms with Crippen LogP contribution in [-0.4, -0.2) is 62.5 Å². The van der Waals surface area contributed by atoms with E-state index in [-0.39, 0.29) is 34.3 Å². The fourth-order valence-electron chi connectivity index (χ4n) is 4.90. The maximum Gasteiger partial charge on any atom is 0.417 e. The number of hydrazine groups is 1. The molecule has 2 aliphatic rings. The zero-order valence-electron chi connectivity index (χ0n) is 25.4. The van der Waals surface area contributed by atoms with Crippen LogP contribution in [0.2, 0.25) is 0 Å². The molecule has 16 heteroatoms. The molecular formula is C29H35F3N7O4S2. The molecule has 3 heterocycles. The molecule has 0 saturated heterocycles. The molecule has 3 N–H and O–H groups in total. The van der Waals surface area contributed by atoms with Crippen molar-refractivity contribution in [2.75, 3.05) is 11.4 Å². The number of amides is 4. The number of pyridine rings is 1. The van der Waals surface area contributed by atoms with E-state index in [1.165, 1.54) is 18.3 Å². The molecule has 1 aliphatic carbocycles. The van der Waals surface area contributed by atoms with E-state index in [0.717, 1.165) is 53.1 Å². The van der Waals surface area contributed by atoms with Gasteiger partial charge in [-0.15, -0.1) is 11.3 Å². The van der Waals surface area contributed by atoms with Crippen LogP contribution in [-0.2, 0) is 15.8 Å². The summed E-state index contributed by atoms with van der Waals surface area (Å²) < 4.78 is 39.5. The summed E-state index contributed by atoms with van der Waals surface area (Å²) in [6.07, 6.45) is -0.0168. The first-order chi connectivity index (χ1) is 21.2. The van der Waals surface area contributed by atoms with E-state index in [2.05, 4.69) is 28.7 Å². The Morgan fingerprint density at radius 3 is 2.36 bits per heavy atom. The summed E-state index contributed by atoms with van der Waals surface area (Å²) in [5.74, 6) is 3.96. The number of anilines is 1. The number of thiazole rings is 1. The monoisotopic (exact) mass is 666 g/mol. The van der Waals surface area contributed by atoms with Crippen molar-refractivity contribution >= 4 is 52.4 Å². The number of allylic oxidation sites excluding steroid dienone is 1. The second-order valence-corrected chi connectivity index (χ2v) is 13.6. The zero-order valence-corrected chi connectivity index (χ0v) is 27.1. The number of thioether (sulfide) groups is 1. The van der Waals surface area contributed by atoms with Gasteiger partial charge >= 0.3 is 12.2 Å². The van der Waals surface area contributed by atoms with E-state index >= 15 is 0 Å². The van der Waals surface area contributed by atoms with Gasteiger partial charge in [0.15, 0.2) is 5.13 Å². The van der Waals surface area contributed by atoms with Crippen molar-refractivity contribution in [2.24, 2.45) is 17.7 Å². The zero-order chi connectivity index (χ0) is 33.2. The molecule has 1 fully saturated rings. The van der Waals surface area contributed by atoms with Crippen molar-refractivity contribution in [1.82, 2.24) is 25.2 Å². The van der Waals surface area contributed by atoms with Crippen LogP contribution < -0.4 is 16.2 Å². The largest absolute Gasteiger partial charge is 0.417 e. The van der Waals surface area contributed by atoms with Crippen molar-refractivity contribution in [3.8, 4) is 0 Å². The van der Waals surface area contributed by atoms with Gasteiger partial charge in [-0.1, -0.05) is 39.5 Å². The highest BCUT2D eigenvalue weighted by atomic mass is 32.2. The van der Waals surface area contributed by atoms with E-state index in [1.54, 1.807) is 5.38 Å². The topological polar surface area (TPSA) is 142 Å². The van der Waals surface area contributed by atoms with Crippen LogP contribution in [0.5, 0.6) is 0 Å². The number of halogens is 3. The fraction of sp³-hybridized carbons (Fsp3) is 0.517. The summed E-state index contributed by atoms with van der Waals surface area (Å²) in [5.41, 5.74) is 1.08. The molecule has 45 heavy (non-hydrogen) atoms. The van der Waals surface area contributed by atoms with Crippen LogP contribution in [0.25, 0.3) is 0 Å². The first kappa shape index (κ1) is 34.4. The Hall–Kier alpha value is -3.50. The number of rotatable bonds is 11. The number of aromatic nitrogens is 2. The third-order valence-corrected chi connectivity index (χ3v) is 9.40. The van der Waals surface area contributed by atoms with Crippen molar-refractivity contribution in [1.29, 1.82) is 0 Å². The van der Waals surface area contributed by atoms with E-state index in [4.69, 9.17) is 5.84 Å². The lowest BCUT2D eigenvalue weighted by molar-refractivity contribution is -0.137. The van der Waals surface area contributed by atoms with E-state index in [1.807, 2.05) is 25.6 Å². The van der Waals surface area contributed by atoms with Crippen LogP contribution in [0.1, 0.15) is 81.0 Å². The molecule has 11 nitrogen and oxygen atoms in total. The Balaban J connectivity index is 1.71. The number of alkyl halides is 3. The first-order valence-corrected chi connectivity index (χ1v) is 16.1. The van der Waals surface area contributed by atoms with Gasteiger partial charge in [0, 0.05) is 29.9 Å². The second kappa shape index (κ2) is 13.9. The fourth-order valence-corrected chi connectivity index (χ4v) is 7.09. The Morgan fingerprint density at radius 2 is 1.84 bits per heavy atom. The summed E-state index contributed by atoms with van der Waals surface area (Å²) in [6, 6.07) is 0.112. The Kier molecular flexibility index (Phi) is 10.6. The van der Waals surface area contributed by atoms with Gasteiger partial charge in [-0.25, -0.2) is 15.6 Å². The molecule has 1 unspecified atom stereocenters. The van der Waals surface area contributed by atoms with Gasteiger partial charge < -0.3 is 4.90 Å². The number of imide groups is 1. The third-order valence-electron chi connectivity index (χ3n) is 7.14. The van der Waals surface area contributed by atoms with E-state index < -0.39 is 41.0 Å². The number of nitrogens with two attached hydrogens (primary N) is 1. The lowest BCUT2D eigenvalue weighted by Gasteiger charge is -2.27. The second-order valence-electron chi connectivity index (χ2n) is 11.7. The van der Waals surface area contributed by atoms with Gasteiger partial charge in [-0.05, 0) is 50.2 Å². The van der Waals surface area contributed by atoms with Crippen molar-refractivity contribution in [3.05, 3.63) is 51.3 Å². The predicted molar refractivity (Wildman–Crippen MR) is 164 cm³/mol. The van der Waals surface area contributed by atoms with Gasteiger partial charge in [-0.2, -0.15) is 13.2 Å². The quantitative estimate of drug-likeness (QED) is 0.143. The average Bonchev–Trinajstić information content (AvgIpc) is 3.60. The van der Waals surface area contributed by atoms with Crippen LogP contribution in [0.15, 0.2) is 34.3 Å². The number of carbonyl (C=O) groups excluding carboxylic acids is 4. The Labute approximate surface area is 267 Å². The Morgan fingerprint density at radius 1 is 1.16 bits per heavy atom. The van der Waals surface area contributed by atoms with Crippen LogP contribution >= 0.6 is 23.1 Å². The summed E-state index contributed by atoms with van der Waals surface area (Å²) in [7, 11) is 0. The molecule has 0 spiro atoms. The highest BCUT2D eigenvalue weighted by molar-refractivity contribution is 8.04. The molecule has 2 atom stereocenters. The number of urea groups is 1. The summed E-state index contributed by atoms with van der Waals surface area (Å²) >= 11 is 2.08. The molecule has 1 radical (unpaired) electrons. The highest BCUT2D eigenvalue weighted by Crippen LogP contribution is 2.48. The normalized spacial score (nSPS) is 17.6. The SMILES string of the molecule is CC1=C(C(=O)N(C(=O)c2csc(N(CC(C)C)C3CC3)n2)[C@H]([C]=O)CC(C)C)SC(c2ccc(C(F)(F)F)cn2)N1C(=O)NN. The molecule has 2 aromatic rings. The third kappa shape index (κ3) is 7.66. The molecule has 1 aliphatic heterocycles. The van der Waals surface area contributed by atoms with Crippen LogP contribution in [0, 0.1) is 11.8 Å². The van der Waals surface area contributed by atoms with E-state index in [0.29, 0.717) is 23.3 Å². The van der Waals surface area contributed by atoms with Crippen molar-refractivity contribution < 1.29 is 32.3 Å². The molecule has 1 saturated carbocycles. The summed E-state index contributed by atoms with van der Waals surface area (Å²) in [4.78, 5) is 65.8. The minimum absolute atomic E-state index is 0.0134. The highest BCUT2D eigenvalue weighted by Gasteiger charge is 2.44. The van der Waals surface area contributed by atoms with Crippen molar-refractivity contribution in [2.45, 2.75) is 77.5 Å². The number of nitrogens with one attached hydrogen (secondary N) is 1. The van der Waals surface area contributed by atoms with Gasteiger partial charge in [0.05, 0.1) is 16.2 Å². The maximum absolute atomic E-state index is 14.2. The molecule has 0 aromatic carbocycles. The van der Waals surface area contributed by atoms with Gasteiger partial charge in [-0.3, -0.25) is 34.6 Å². The molecular weight excluding hydrogens is 631 g/mol. The van der Waals surface area contributed by atoms with Gasteiger partial charge in [0.25, 0.3) is 11.8 Å². The number of nitrogens with zero attached hydrogens (tertiary/aromatic N) is 5. The maximum atomic E-state index is 14.2. The number of carbonyl (C=O) groups is 3. The minimum atomic E-state index is -4.63. The standard InChI is InChI=1S/C29H35F3N7O4S2/c1-15(2)10-20(13-40)39(24(41)22-14-44-28(35-22)37(12-16(3)4)19-7-8-19)25(42)23-17(5)38(27(43)36-33)26(45-23)21-9-6-18(11-34-21)29(30,31)32/h6,9,11,14-16,19-20,26H,7-8,10,12,33H2,1-5H3,(H,36,43)/t20-,26?/m0/s1. The smallest absolute Gasteiger partial charge is 0.345 e. The van der Waals surface area contributed by atoms with E-state index in [9.17, 15) is 32.3 Å². The van der Waals surface area contributed by atoms with Gasteiger partial charge in [0.1, 0.15) is 17.1 Å². The molecule has 2 aromatic heterocycles. The molecule has 243 valence electrons. The summed E-state index contributed by atoms with van der Waals surface area (Å²) in [5, 5.41) is 1.10. The van der Waals surface area contributed by atoms with Crippen molar-refractivity contribution in [3.63, 3.8) is 0 Å². The molecule has 4 rings (SSSR count). The first-order valence-electron chi connectivity index (χ1n) is 14.4. The predicted octanol–water partition coefficient (Wildman–Crippen LogP) is 5.24. The lowest BCUT2D eigenvalue weighted by atomic mass is 10.0. The van der Waals surface area contributed by atoms with Gasteiger partial charge in [0.2, 0.25) is 6.29 Å². The number of hydrogen-bond donors (Lipinski definition) is 2. The lowest BCUT2D eigenvalue weighted by Crippen LogP contribution is -2.47.